The number of nitrogens with two attached hydrogens (primary N) is 1. The molecule has 0 radical (unpaired) electrons. The van der Waals surface area contributed by atoms with Crippen LogP contribution in [0.5, 0.6) is 0 Å². The van der Waals surface area contributed by atoms with Gasteiger partial charge in [0, 0.05) is 11.9 Å². The Hall–Kier alpha value is -1.97. The molecule has 3 aromatic rings. The lowest BCUT2D eigenvalue weighted by molar-refractivity contribution is 0.991. The molecule has 4 heteroatoms. The molecule has 0 amide bonds. The van der Waals surface area contributed by atoms with E-state index in [2.05, 4.69) is 47.2 Å². The molecule has 0 unspecified atom stereocenters. The molecular formula is C16H14ClN3. The third kappa shape index (κ3) is 2.38. The standard InChI is InChI=1S/C16H14ClN3/c1-10-2-4-11(5-3-10)12-6-7-14-13(8-12)15(9-18)20-16(17)19-14/h2-8H,9,18H2,1H3. The fraction of sp³-hybridized carbons (Fsp3) is 0.125. The first-order valence-electron chi connectivity index (χ1n) is 6.40. The molecule has 0 aliphatic rings. The summed E-state index contributed by atoms with van der Waals surface area (Å²) < 4.78 is 0. The van der Waals surface area contributed by atoms with Gasteiger partial charge in [0.1, 0.15) is 0 Å². The Balaban J connectivity index is 2.19. The van der Waals surface area contributed by atoms with Gasteiger partial charge < -0.3 is 5.73 Å². The number of aryl methyl sites for hydroxylation is 1. The van der Waals surface area contributed by atoms with Gasteiger partial charge in [-0.15, -0.1) is 0 Å². The predicted octanol–water partition coefficient (Wildman–Crippen LogP) is 3.72. The molecule has 1 aromatic heterocycles. The average Bonchev–Trinajstić information content (AvgIpc) is 2.46. The molecule has 0 bridgehead atoms. The number of hydrogen-bond acceptors (Lipinski definition) is 3. The van der Waals surface area contributed by atoms with E-state index in [0.717, 1.165) is 27.7 Å². The van der Waals surface area contributed by atoms with Crippen molar-refractivity contribution in [3.8, 4) is 11.1 Å². The van der Waals surface area contributed by atoms with Crippen LogP contribution in [0.2, 0.25) is 5.28 Å². The predicted molar refractivity (Wildman–Crippen MR) is 82.6 cm³/mol. The second-order valence-corrected chi connectivity index (χ2v) is 5.08. The molecule has 0 aliphatic carbocycles. The first kappa shape index (κ1) is 13.0. The van der Waals surface area contributed by atoms with Gasteiger partial charge >= 0.3 is 0 Å². The van der Waals surface area contributed by atoms with Gasteiger partial charge in [0.2, 0.25) is 5.28 Å². The fourth-order valence-corrected chi connectivity index (χ4v) is 2.43. The van der Waals surface area contributed by atoms with Gasteiger partial charge in [0.05, 0.1) is 11.2 Å². The molecule has 0 fully saturated rings. The van der Waals surface area contributed by atoms with E-state index in [9.17, 15) is 0 Å². The Morgan fingerprint density at radius 3 is 2.40 bits per heavy atom. The van der Waals surface area contributed by atoms with Crippen LogP contribution in [-0.4, -0.2) is 9.97 Å². The summed E-state index contributed by atoms with van der Waals surface area (Å²) >= 11 is 5.90. The van der Waals surface area contributed by atoms with E-state index in [1.165, 1.54) is 5.56 Å². The molecule has 3 rings (SSSR count). The maximum Gasteiger partial charge on any atom is 0.223 e. The van der Waals surface area contributed by atoms with E-state index in [1.54, 1.807) is 0 Å². The Labute approximate surface area is 122 Å². The van der Waals surface area contributed by atoms with E-state index >= 15 is 0 Å². The van der Waals surface area contributed by atoms with Crippen molar-refractivity contribution in [2.45, 2.75) is 13.5 Å². The number of hydrogen-bond donors (Lipinski definition) is 1. The number of nitrogens with zero attached hydrogens (tertiary/aromatic N) is 2. The van der Waals surface area contributed by atoms with Gasteiger partial charge in [-0.05, 0) is 41.8 Å². The zero-order valence-corrected chi connectivity index (χ0v) is 11.9. The summed E-state index contributed by atoms with van der Waals surface area (Å²) in [6.45, 7) is 2.42. The Bertz CT molecular complexity index is 767. The number of aromatic nitrogens is 2. The highest BCUT2D eigenvalue weighted by Crippen LogP contribution is 2.26. The molecule has 0 aliphatic heterocycles. The van der Waals surface area contributed by atoms with E-state index in [4.69, 9.17) is 17.3 Å². The smallest absolute Gasteiger partial charge is 0.223 e. The van der Waals surface area contributed by atoms with Crippen LogP contribution in [0.3, 0.4) is 0 Å². The zero-order valence-electron chi connectivity index (χ0n) is 11.1. The van der Waals surface area contributed by atoms with Gasteiger partial charge in [-0.1, -0.05) is 35.9 Å². The summed E-state index contributed by atoms with van der Waals surface area (Å²) in [5.74, 6) is 0. The van der Waals surface area contributed by atoms with Gasteiger partial charge in [0.25, 0.3) is 0 Å². The largest absolute Gasteiger partial charge is 0.325 e. The van der Waals surface area contributed by atoms with Crippen molar-refractivity contribution >= 4 is 22.5 Å². The van der Waals surface area contributed by atoms with Gasteiger partial charge in [-0.25, -0.2) is 9.97 Å². The molecule has 100 valence electrons. The molecule has 1 heterocycles. The van der Waals surface area contributed by atoms with Gasteiger partial charge in [0.15, 0.2) is 0 Å². The lowest BCUT2D eigenvalue weighted by Gasteiger charge is -2.07. The molecule has 2 aromatic carbocycles. The highest BCUT2D eigenvalue weighted by molar-refractivity contribution is 6.28. The van der Waals surface area contributed by atoms with Crippen LogP contribution in [0.1, 0.15) is 11.3 Å². The Morgan fingerprint density at radius 1 is 1.00 bits per heavy atom. The fourth-order valence-electron chi connectivity index (χ4n) is 2.24. The van der Waals surface area contributed by atoms with Crippen molar-refractivity contribution in [1.29, 1.82) is 0 Å². The molecule has 2 N–H and O–H groups in total. The highest BCUT2D eigenvalue weighted by Gasteiger charge is 2.07. The van der Waals surface area contributed by atoms with E-state index in [0.29, 0.717) is 6.54 Å². The second kappa shape index (κ2) is 5.19. The summed E-state index contributed by atoms with van der Waals surface area (Å²) in [7, 11) is 0. The molecular weight excluding hydrogens is 270 g/mol. The van der Waals surface area contributed by atoms with Crippen LogP contribution in [0.4, 0.5) is 0 Å². The van der Waals surface area contributed by atoms with E-state index in [-0.39, 0.29) is 5.28 Å². The summed E-state index contributed by atoms with van der Waals surface area (Å²) in [4.78, 5) is 8.43. The van der Waals surface area contributed by atoms with Gasteiger partial charge in [-0.2, -0.15) is 0 Å². The molecule has 0 saturated carbocycles. The maximum absolute atomic E-state index is 5.90. The number of rotatable bonds is 2. The molecule has 0 spiro atoms. The Kier molecular flexibility index (Phi) is 3.38. The van der Waals surface area contributed by atoms with Crippen LogP contribution < -0.4 is 5.73 Å². The minimum absolute atomic E-state index is 0.237. The van der Waals surface area contributed by atoms with Crippen LogP contribution in [0.25, 0.3) is 22.0 Å². The second-order valence-electron chi connectivity index (χ2n) is 4.74. The molecule has 0 saturated heterocycles. The zero-order chi connectivity index (χ0) is 14.1. The van der Waals surface area contributed by atoms with Crippen molar-refractivity contribution in [1.82, 2.24) is 9.97 Å². The number of fused-ring (bicyclic) bond motifs is 1. The SMILES string of the molecule is Cc1ccc(-c2ccc3nc(Cl)nc(CN)c3c2)cc1. The lowest BCUT2D eigenvalue weighted by atomic mass is 10.0. The molecule has 3 nitrogen and oxygen atoms in total. The van der Waals surface area contributed by atoms with Crippen LogP contribution in [-0.2, 0) is 6.54 Å². The van der Waals surface area contributed by atoms with Crippen LogP contribution in [0, 0.1) is 6.92 Å². The average molecular weight is 284 g/mol. The van der Waals surface area contributed by atoms with Crippen molar-refractivity contribution in [3.63, 3.8) is 0 Å². The van der Waals surface area contributed by atoms with Crippen molar-refractivity contribution in [2.24, 2.45) is 5.73 Å². The summed E-state index contributed by atoms with van der Waals surface area (Å²) in [5, 5.41) is 1.19. The highest BCUT2D eigenvalue weighted by atomic mass is 35.5. The maximum atomic E-state index is 5.90. The quantitative estimate of drug-likeness (QED) is 0.729. The third-order valence-corrected chi connectivity index (χ3v) is 3.49. The van der Waals surface area contributed by atoms with E-state index < -0.39 is 0 Å². The van der Waals surface area contributed by atoms with Crippen LogP contribution in [0.15, 0.2) is 42.5 Å². The van der Waals surface area contributed by atoms with Crippen molar-refractivity contribution in [3.05, 3.63) is 59.0 Å². The Morgan fingerprint density at radius 2 is 1.70 bits per heavy atom. The van der Waals surface area contributed by atoms with Crippen molar-refractivity contribution in [2.75, 3.05) is 0 Å². The van der Waals surface area contributed by atoms with Crippen LogP contribution >= 0.6 is 11.6 Å². The normalized spacial score (nSPS) is 10.9. The third-order valence-electron chi connectivity index (χ3n) is 3.33. The summed E-state index contributed by atoms with van der Waals surface area (Å²) in [6, 6.07) is 14.5. The first-order chi connectivity index (χ1) is 9.67. The summed E-state index contributed by atoms with van der Waals surface area (Å²) in [5.41, 5.74) is 10.9. The first-order valence-corrected chi connectivity index (χ1v) is 6.78. The summed E-state index contributed by atoms with van der Waals surface area (Å²) in [6.07, 6.45) is 0. The van der Waals surface area contributed by atoms with Gasteiger partial charge in [-0.3, -0.25) is 0 Å². The topological polar surface area (TPSA) is 51.8 Å². The monoisotopic (exact) mass is 283 g/mol. The lowest BCUT2D eigenvalue weighted by Crippen LogP contribution is -2.02. The van der Waals surface area contributed by atoms with E-state index in [1.807, 2.05) is 12.1 Å². The number of halogens is 1. The molecule has 0 atom stereocenters. The number of benzene rings is 2. The minimum atomic E-state index is 0.237. The van der Waals surface area contributed by atoms with Crippen molar-refractivity contribution < 1.29 is 0 Å². The molecule has 20 heavy (non-hydrogen) atoms. The minimum Gasteiger partial charge on any atom is -0.325 e.